The molecule has 3 heterocycles. The van der Waals surface area contributed by atoms with Gasteiger partial charge in [0.1, 0.15) is 6.10 Å². The second kappa shape index (κ2) is 5.54. The van der Waals surface area contributed by atoms with E-state index in [-0.39, 0.29) is 18.1 Å². The number of rotatable bonds is 3. The topological polar surface area (TPSA) is 59.4 Å². The first-order valence-electron chi connectivity index (χ1n) is 7.22. The summed E-state index contributed by atoms with van der Waals surface area (Å²) in [4.78, 5) is 14.1. The second-order valence-electron chi connectivity index (χ2n) is 5.82. The van der Waals surface area contributed by atoms with Crippen molar-refractivity contribution in [3.63, 3.8) is 0 Å². The maximum Gasteiger partial charge on any atom is 0.248 e. The normalized spacial score (nSPS) is 30.2. The number of hydrogen-bond acceptors (Lipinski definition) is 4. The molecule has 2 saturated heterocycles. The summed E-state index contributed by atoms with van der Waals surface area (Å²) in [6, 6.07) is 0. The smallest absolute Gasteiger partial charge is 0.248 e. The number of hydrogen-bond donors (Lipinski definition) is 1. The maximum absolute atomic E-state index is 11.7. The van der Waals surface area contributed by atoms with Crippen molar-refractivity contribution in [3.8, 4) is 0 Å². The van der Waals surface area contributed by atoms with Crippen LogP contribution in [0.3, 0.4) is 0 Å². The molecular weight excluding hydrogens is 256 g/mol. The van der Waals surface area contributed by atoms with Crippen molar-refractivity contribution in [2.75, 3.05) is 20.1 Å². The maximum atomic E-state index is 11.7. The van der Waals surface area contributed by atoms with Gasteiger partial charge in [0.25, 0.3) is 0 Å². The highest BCUT2D eigenvalue weighted by Crippen LogP contribution is 2.33. The molecule has 1 N–H and O–H groups in total. The standard InChI is InChI=1S/C14H22N4O2/c1-15-14(19)12-5-11-3-4-18(9-13(11)20-12)8-10-6-16-17(2)7-10/h6-7,11-13H,3-5,8-9H2,1-2H3,(H,15,19)/t11-,12+,13+/m1/s1. The molecule has 2 aliphatic rings. The molecule has 0 spiro atoms. The van der Waals surface area contributed by atoms with Crippen LogP contribution in [0.4, 0.5) is 0 Å². The van der Waals surface area contributed by atoms with Crippen LogP contribution in [0.5, 0.6) is 0 Å². The van der Waals surface area contributed by atoms with Gasteiger partial charge in [0.2, 0.25) is 5.91 Å². The summed E-state index contributed by atoms with van der Waals surface area (Å²) in [6.45, 7) is 2.89. The quantitative estimate of drug-likeness (QED) is 0.855. The van der Waals surface area contributed by atoms with E-state index in [9.17, 15) is 4.79 Å². The third kappa shape index (κ3) is 2.71. The molecule has 6 heteroatoms. The van der Waals surface area contributed by atoms with Crippen LogP contribution in [0.25, 0.3) is 0 Å². The number of nitrogens with one attached hydrogen (secondary N) is 1. The van der Waals surface area contributed by atoms with Gasteiger partial charge < -0.3 is 10.1 Å². The van der Waals surface area contributed by atoms with Crippen molar-refractivity contribution < 1.29 is 9.53 Å². The van der Waals surface area contributed by atoms with Gasteiger partial charge in [-0.15, -0.1) is 0 Å². The zero-order valence-corrected chi connectivity index (χ0v) is 12.1. The van der Waals surface area contributed by atoms with E-state index in [2.05, 4.69) is 21.5 Å². The number of nitrogens with zero attached hydrogens (tertiary/aromatic N) is 3. The number of fused-ring (bicyclic) bond motifs is 1. The Morgan fingerprint density at radius 1 is 1.60 bits per heavy atom. The summed E-state index contributed by atoms with van der Waals surface area (Å²) < 4.78 is 7.75. The number of aromatic nitrogens is 2. The number of likely N-dealkylation sites (N-methyl/N-ethyl adjacent to an activating group) is 1. The first-order valence-corrected chi connectivity index (χ1v) is 7.22. The molecular formula is C14H22N4O2. The summed E-state index contributed by atoms with van der Waals surface area (Å²) >= 11 is 0. The first-order chi connectivity index (χ1) is 9.65. The zero-order valence-electron chi connectivity index (χ0n) is 12.1. The summed E-state index contributed by atoms with van der Waals surface area (Å²) in [6.07, 6.45) is 5.88. The highest BCUT2D eigenvalue weighted by atomic mass is 16.5. The third-order valence-electron chi connectivity index (χ3n) is 4.34. The molecule has 0 radical (unpaired) electrons. The number of carbonyl (C=O) groups is 1. The Balaban J connectivity index is 1.57. The largest absolute Gasteiger partial charge is 0.364 e. The summed E-state index contributed by atoms with van der Waals surface area (Å²) in [5.41, 5.74) is 1.23. The molecule has 1 aromatic rings. The predicted octanol–water partition coefficient (Wildman–Crippen LogP) is 0.145. The minimum absolute atomic E-state index is 0.0122. The molecule has 0 aliphatic carbocycles. The lowest BCUT2D eigenvalue weighted by Gasteiger charge is -2.33. The Kier molecular flexibility index (Phi) is 3.76. The summed E-state index contributed by atoms with van der Waals surface area (Å²) in [5.74, 6) is 0.542. The van der Waals surface area contributed by atoms with Crippen molar-refractivity contribution in [1.82, 2.24) is 20.0 Å². The fourth-order valence-corrected chi connectivity index (χ4v) is 3.28. The van der Waals surface area contributed by atoms with Crippen molar-refractivity contribution in [1.29, 1.82) is 0 Å². The minimum atomic E-state index is -0.256. The van der Waals surface area contributed by atoms with Crippen LogP contribution < -0.4 is 5.32 Å². The molecule has 0 aromatic carbocycles. The lowest BCUT2D eigenvalue weighted by atomic mass is 9.91. The molecule has 1 amide bonds. The monoisotopic (exact) mass is 278 g/mol. The average Bonchev–Trinajstić information content (AvgIpc) is 3.03. The van der Waals surface area contributed by atoms with E-state index >= 15 is 0 Å². The molecule has 2 fully saturated rings. The van der Waals surface area contributed by atoms with E-state index in [1.54, 1.807) is 7.05 Å². The zero-order chi connectivity index (χ0) is 14.1. The Bertz CT molecular complexity index is 487. The van der Waals surface area contributed by atoms with Crippen LogP contribution in [-0.2, 0) is 23.1 Å². The molecule has 0 unspecified atom stereocenters. The minimum Gasteiger partial charge on any atom is -0.364 e. The van der Waals surface area contributed by atoms with Crippen LogP contribution in [0.15, 0.2) is 12.4 Å². The third-order valence-corrected chi connectivity index (χ3v) is 4.34. The Morgan fingerprint density at radius 2 is 2.45 bits per heavy atom. The molecule has 3 atom stereocenters. The second-order valence-corrected chi connectivity index (χ2v) is 5.82. The number of aryl methyl sites for hydroxylation is 1. The first kappa shape index (κ1) is 13.6. The van der Waals surface area contributed by atoms with Crippen LogP contribution in [0.1, 0.15) is 18.4 Å². The summed E-state index contributed by atoms with van der Waals surface area (Å²) in [5, 5.41) is 6.88. The fraction of sp³-hybridized carbons (Fsp3) is 0.714. The number of carbonyl (C=O) groups excluding carboxylic acids is 1. The molecule has 0 bridgehead atoms. The Hall–Kier alpha value is -1.40. The number of ether oxygens (including phenoxy) is 1. The average molecular weight is 278 g/mol. The molecule has 110 valence electrons. The highest BCUT2D eigenvalue weighted by molar-refractivity contribution is 5.80. The molecule has 1 aromatic heterocycles. The van der Waals surface area contributed by atoms with Gasteiger partial charge in [0.15, 0.2) is 0 Å². The van der Waals surface area contributed by atoms with E-state index in [1.807, 2.05) is 17.9 Å². The number of likely N-dealkylation sites (tertiary alicyclic amines) is 1. The van der Waals surface area contributed by atoms with Gasteiger partial charge in [-0.2, -0.15) is 5.10 Å². The lowest BCUT2D eigenvalue weighted by Crippen LogP contribution is -2.42. The van der Waals surface area contributed by atoms with E-state index in [0.29, 0.717) is 5.92 Å². The van der Waals surface area contributed by atoms with Gasteiger partial charge in [-0.25, -0.2) is 0 Å². The van der Waals surface area contributed by atoms with Gasteiger partial charge in [-0.3, -0.25) is 14.4 Å². The van der Waals surface area contributed by atoms with Gasteiger partial charge in [-0.05, 0) is 25.3 Å². The van der Waals surface area contributed by atoms with Crippen molar-refractivity contribution in [3.05, 3.63) is 18.0 Å². The van der Waals surface area contributed by atoms with Crippen LogP contribution in [-0.4, -0.2) is 52.9 Å². The van der Waals surface area contributed by atoms with E-state index < -0.39 is 0 Å². The van der Waals surface area contributed by atoms with Crippen molar-refractivity contribution in [2.45, 2.75) is 31.6 Å². The van der Waals surface area contributed by atoms with Gasteiger partial charge in [0.05, 0.1) is 12.3 Å². The Morgan fingerprint density at radius 3 is 3.15 bits per heavy atom. The van der Waals surface area contributed by atoms with Gasteiger partial charge in [0, 0.05) is 38.9 Å². The van der Waals surface area contributed by atoms with Gasteiger partial charge in [-0.1, -0.05) is 0 Å². The summed E-state index contributed by atoms with van der Waals surface area (Å²) in [7, 11) is 3.60. The number of piperidine rings is 1. The highest BCUT2D eigenvalue weighted by Gasteiger charge is 2.41. The molecule has 3 rings (SSSR count). The molecule has 2 aliphatic heterocycles. The van der Waals surface area contributed by atoms with Crippen LogP contribution in [0, 0.1) is 5.92 Å². The van der Waals surface area contributed by atoms with Crippen molar-refractivity contribution >= 4 is 5.91 Å². The fourth-order valence-electron chi connectivity index (χ4n) is 3.28. The molecule has 6 nitrogen and oxygen atoms in total. The van der Waals surface area contributed by atoms with Gasteiger partial charge >= 0.3 is 0 Å². The number of amides is 1. The predicted molar refractivity (Wildman–Crippen MR) is 73.9 cm³/mol. The lowest BCUT2D eigenvalue weighted by molar-refractivity contribution is -0.132. The van der Waals surface area contributed by atoms with E-state index in [4.69, 9.17) is 4.74 Å². The van der Waals surface area contributed by atoms with Crippen LogP contribution >= 0.6 is 0 Å². The SMILES string of the molecule is CNC(=O)[C@@H]1C[C@H]2CCN(Cc3cnn(C)c3)C[C@@H]2O1. The van der Waals surface area contributed by atoms with Crippen molar-refractivity contribution in [2.24, 2.45) is 13.0 Å². The molecule has 0 saturated carbocycles. The van der Waals surface area contributed by atoms with E-state index in [0.717, 1.165) is 32.5 Å². The van der Waals surface area contributed by atoms with Crippen LogP contribution in [0.2, 0.25) is 0 Å². The Labute approximate surface area is 119 Å². The molecule has 20 heavy (non-hydrogen) atoms. The van der Waals surface area contributed by atoms with E-state index in [1.165, 1.54) is 5.56 Å².